The number of phenolic OH excluding ortho intramolecular Hbond substituents is 2. The Hall–Kier alpha value is -5.50. The van der Waals surface area contributed by atoms with E-state index in [1.165, 1.54) is 6.07 Å². The number of carbonyl (C=O) groups is 1. The minimum atomic E-state index is -1.25. The number of rotatable bonds is 9. The molecule has 4 bridgehead atoms. The van der Waals surface area contributed by atoms with Crippen LogP contribution in [0.3, 0.4) is 0 Å². The van der Waals surface area contributed by atoms with Gasteiger partial charge in [-0.05, 0) is 117 Å². The van der Waals surface area contributed by atoms with Crippen molar-refractivity contribution in [2.45, 2.75) is 115 Å². The summed E-state index contributed by atoms with van der Waals surface area (Å²) < 4.78 is 20.8. The number of fused-ring (bicyclic) bond motifs is 5. The fourth-order valence-electron chi connectivity index (χ4n) is 11.6. The molecular weight excluding hydrogens is 801 g/mol. The standard InChI is InChI=1S/C50H60N4O9/c1-4-33(27-8-6-7-9-27)49(60)62-39-22-36-45(59)43-38(58)21-32(24-55)61-47(43)44-42-34-16-17-53-48(51)41(34)29(12-11-28-13-14-31(57)20-35(28)37(42)25-56)19-30(50(39,3)63-46(36)44)18-26-10-15-40(52-5-2)54-23-26/h4,10,13-16,20-21,23,27,29-30,37,39-40,42,52-57,59H,5-9,11-12,17-19,22,24-25,51H2,1-3H3/b33-4-/t29-,30+,37+,39+,40?,42+,50-/m0/s1. The van der Waals surface area contributed by atoms with Gasteiger partial charge in [-0.2, -0.15) is 0 Å². The molecule has 5 heterocycles. The summed E-state index contributed by atoms with van der Waals surface area (Å²) in [4.78, 5) is 28.8. The lowest BCUT2D eigenvalue weighted by molar-refractivity contribution is -0.166. The van der Waals surface area contributed by atoms with E-state index in [1.54, 1.807) is 12.1 Å². The molecule has 7 atom stereocenters. The number of aryl methyl sites for hydroxylation is 1. The van der Waals surface area contributed by atoms with Gasteiger partial charge in [0.05, 0.1) is 12.8 Å². The van der Waals surface area contributed by atoms with Crippen LogP contribution in [0.25, 0.3) is 11.0 Å². The molecular formula is C50H60N4O9. The quantitative estimate of drug-likeness (QED) is 0.0926. The number of phenols is 2. The van der Waals surface area contributed by atoms with Gasteiger partial charge in [-0.25, -0.2) is 4.79 Å². The predicted molar refractivity (Wildman–Crippen MR) is 239 cm³/mol. The van der Waals surface area contributed by atoms with Crippen LogP contribution in [-0.2, 0) is 29.0 Å². The van der Waals surface area contributed by atoms with E-state index in [1.807, 2.05) is 32.2 Å². The second-order valence-electron chi connectivity index (χ2n) is 18.3. The lowest BCUT2D eigenvalue weighted by atomic mass is 9.65. The first-order chi connectivity index (χ1) is 30.5. The number of carbonyl (C=O) groups excluding carboxylic acids is 1. The summed E-state index contributed by atoms with van der Waals surface area (Å²) in [5.74, 6) is -1.96. The first kappa shape index (κ1) is 42.8. The maximum atomic E-state index is 14.6. The van der Waals surface area contributed by atoms with Gasteiger partial charge in [0, 0.05) is 59.7 Å². The average Bonchev–Trinajstić information content (AvgIpc) is 3.81. The summed E-state index contributed by atoms with van der Waals surface area (Å²) in [5.41, 5.74) is 11.0. The molecule has 9 rings (SSSR count). The van der Waals surface area contributed by atoms with Crippen molar-refractivity contribution in [1.82, 2.24) is 16.0 Å². The average molecular weight is 861 g/mol. The van der Waals surface area contributed by atoms with E-state index in [9.17, 15) is 30.0 Å². The molecule has 0 saturated heterocycles. The molecule has 1 aromatic heterocycles. The Morgan fingerprint density at radius 3 is 2.67 bits per heavy atom. The first-order valence-electron chi connectivity index (χ1n) is 22.7. The Labute approximate surface area is 367 Å². The van der Waals surface area contributed by atoms with Gasteiger partial charge in [0.1, 0.15) is 58.1 Å². The molecule has 13 heteroatoms. The van der Waals surface area contributed by atoms with Crippen LogP contribution in [0.4, 0.5) is 0 Å². The van der Waals surface area contributed by atoms with Crippen molar-refractivity contribution in [3.63, 3.8) is 0 Å². The molecule has 0 amide bonds. The Morgan fingerprint density at radius 2 is 1.95 bits per heavy atom. The minimum Gasteiger partial charge on any atom is -0.508 e. The molecule has 13 nitrogen and oxygen atoms in total. The molecule has 6 aliphatic rings. The van der Waals surface area contributed by atoms with Gasteiger partial charge in [-0.15, -0.1) is 0 Å². The van der Waals surface area contributed by atoms with Crippen molar-refractivity contribution in [3.05, 3.63) is 121 Å². The van der Waals surface area contributed by atoms with Gasteiger partial charge in [-0.1, -0.05) is 44.1 Å². The number of hydrogen-bond acceptors (Lipinski definition) is 13. The maximum Gasteiger partial charge on any atom is 0.334 e. The second kappa shape index (κ2) is 17.2. The highest BCUT2D eigenvalue weighted by Crippen LogP contribution is 2.59. The number of aliphatic hydroxyl groups excluding tert-OH is 2. The number of aliphatic hydroxyl groups is 2. The van der Waals surface area contributed by atoms with Crippen LogP contribution in [0, 0.1) is 17.8 Å². The van der Waals surface area contributed by atoms with Crippen LogP contribution in [0.1, 0.15) is 106 Å². The number of nitrogens with one attached hydrogen (secondary N) is 3. The summed E-state index contributed by atoms with van der Waals surface area (Å²) in [5, 5.41) is 55.8. The number of esters is 1. The van der Waals surface area contributed by atoms with Gasteiger partial charge >= 0.3 is 5.97 Å². The summed E-state index contributed by atoms with van der Waals surface area (Å²) in [7, 11) is 0. The van der Waals surface area contributed by atoms with Crippen LogP contribution in [0.2, 0.25) is 0 Å². The van der Waals surface area contributed by atoms with Crippen LogP contribution in [0.5, 0.6) is 17.2 Å². The van der Waals surface area contributed by atoms with E-state index in [0.717, 1.165) is 60.1 Å². The zero-order chi connectivity index (χ0) is 44.2. The van der Waals surface area contributed by atoms with Gasteiger partial charge in [-0.3, -0.25) is 10.1 Å². The monoisotopic (exact) mass is 860 g/mol. The van der Waals surface area contributed by atoms with Crippen molar-refractivity contribution in [1.29, 1.82) is 0 Å². The molecule has 63 heavy (non-hydrogen) atoms. The Balaban J connectivity index is 1.35. The Kier molecular flexibility index (Phi) is 11.7. The molecule has 1 saturated carbocycles. The highest BCUT2D eigenvalue weighted by atomic mass is 16.6. The molecule has 1 unspecified atom stereocenters. The largest absolute Gasteiger partial charge is 0.508 e. The zero-order valence-electron chi connectivity index (χ0n) is 36.3. The third kappa shape index (κ3) is 7.51. The topological polar surface area (TPSA) is 209 Å². The van der Waals surface area contributed by atoms with Crippen molar-refractivity contribution in [2.75, 3.05) is 19.7 Å². The normalized spacial score (nSPS) is 28.0. The highest BCUT2D eigenvalue weighted by Gasteiger charge is 2.54. The van der Waals surface area contributed by atoms with E-state index >= 15 is 0 Å². The fourth-order valence-corrected chi connectivity index (χ4v) is 11.6. The Morgan fingerprint density at radius 1 is 1.14 bits per heavy atom. The number of aromatic hydroxyl groups is 2. The molecule has 3 aromatic rings. The van der Waals surface area contributed by atoms with E-state index in [0.29, 0.717) is 49.2 Å². The van der Waals surface area contributed by atoms with Gasteiger partial charge in [0.15, 0.2) is 5.43 Å². The summed E-state index contributed by atoms with van der Waals surface area (Å²) in [6.07, 6.45) is 15.4. The summed E-state index contributed by atoms with van der Waals surface area (Å²) in [6.45, 7) is 6.13. The van der Waals surface area contributed by atoms with Gasteiger partial charge < -0.3 is 50.7 Å². The molecule has 1 fully saturated rings. The molecule has 4 aliphatic heterocycles. The third-order valence-electron chi connectivity index (χ3n) is 14.8. The van der Waals surface area contributed by atoms with E-state index in [2.05, 4.69) is 41.1 Å². The number of dihydropyridines is 2. The SMILES string of the molecule is C/C=C(\C(=O)O[C@@H]1Cc2c3c(c4oc(CO)cc(=O)c4c2O)[C@@H]2C4=CCNC(N)=C4[C@@H](CCc4ccc(O)cc4[C@H]2CO)C[C@@H](CC2=CNC(NCC)C=C2)[C@]1(C)O3)C1CCCC1. The van der Waals surface area contributed by atoms with E-state index in [4.69, 9.17) is 19.6 Å². The molecule has 2 aromatic carbocycles. The zero-order valence-corrected chi connectivity index (χ0v) is 36.3. The Bertz CT molecular complexity index is 2530. The van der Waals surface area contributed by atoms with Crippen LogP contribution in [0.15, 0.2) is 92.1 Å². The first-order valence-corrected chi connectivity index (χ1v) is 22.7. The minimum absolute atomic E-state index is 0.0114. The van der Waals surface area contributed by atoms with Crippen LogP contribution >= 0.6 is 0 Å². The molecule has 0 spiro atoms. The van der Waals surface area contributed by atoms with Crippen molar-refractivity contribution in [2.24, 2.45) is 23.5 Å². The molecule has 9 N–H and O–H groups in total. The third-order valence-corrected chi connectivity index (χ3v) is 14.8. The molecule has 2 aliphatic carbocycles. The van der Waals surface area contributed by atoms with Gasteiger partial charge in [0.2, 0.25) is 0 Å². The molecule has 334 valence electrons. The number of likely N-dealkylation sites (N-methyl/N-ethyl adjacent to an activating group) is 1. The van der Waals surface area contributed by atoms with E-state index < -0.39 is 41.5 Å². The van der Waals surface area contributed by atoms with Gasteiger partial charge in [0.25, 0.3) is 0 Å². The van der Waals surface area contributed by atoms with E-state index in [-0.39, 0.29) is 76.5 Å². The van der Waals surface area contributed by atoms with Crippen molar-refractivity contribution >= 4 is 16.9 Å². The number of hydrogen-bond donors (Lipinski definition) is 8. The van der Waals surface area contributed by atoms with Crippen molar-refractivity contribution in [3.8, 4) is 17.2 Å². The second-order valence-corrected chi connectivity index (χ2v) is 18.3. The number of ether oxygens (including phenoxy) is 2. The van der Waals surface area contributed by atoms with Crippen LogP contribution in [-0.4, -0.2) is 64.0 Å². The summed E-state index contributed by atoms with van der Waals surface area (Å²) in [6, 6.07) is 6.44. The van der Waals surface area contributed by atoms with Crippen LogP contribution < -0.4 is 31.8 Å². The summed E-state index contributed by atoms with van der Waals surface area (Å²) >= 11 is 0. The lowest BCUT2D eigenvalue weighted by Crippen LogP contribution is -2.57. The fraction of sp³-hybridized carbons (Fsp3) is 0.480. The molecule has 0 radical (unpaired) electrons. The number of benzene rings is 2. The number of nitrogens with two attached hydrogens (primary N) is 1. The highest BCUT2D eigenvalue weighted by molar-refractivity contribution is 5.92. The predicted octanol–water partition coefficient (Wildman–Crippen LogP) is 5.95. The maximum absolute atomic E-state index is 14.6. The number of allylic oxidation sites excluding steroid dienone is 5. The smallest absolute Gasteiger partial charge is 0.334 e. The lowest BCUT2D eigenvalue weighted by Gasteiger charge is -2.50. The van der Waals surface area contributed by atoms with Crippen molar-refractivity contribution < 1.29 is 39.1 Å².